The highest BCUT2D eigenvalue weighted by Gasteiger charge is 2.12. The molecular weight excluding hydrogens is 422 g/mol. The highest BCUT2D eigenvalue weighted by molar-refractivity contribution is 9.11. The molecule has 0 fully saturated rings. The van der Waals surface area contributed by atoms with Crippen molar-refractivity contribution >= 4 is 15.9 Å². The molecule has 0 radical (unpaired) electrons. The Morgan fingerprint density at radius 3 is 1.96 bits per heavy atom. The first-order chi connectivity index (χ1) is 12.8. The molecule has 0 bridgehead atoms. The Hall–Kier alpha value is -1.52. The van der Waals surface area contributed by atoms with E-state index in [1.807, 2.05) is 52.0 Å². The van der Waals surface area contributed by atoms with Crippen LogP contribution >= 0.6 is 15.9 Å². The van der Waals surface area contributed by atoms with Crippen LogP contribution in [0.5, 0.6) is 0 Å². The van der Waals surface area contributed by atoms with Crippen molar-refractivity contribution in [2.75, 3.05) is 0 Å². The van der Waals surface area contributed by atoms with Crippen molar-refractivity contribution in [3.05, 3.63) is 81.2 Å². The monoisotopic (exact) mass is 456 g/mol. The average molecular weight is 457 g/mol. The summed E-state index contributed by atoms with van der Waals surface area (Å²) in [6, 6.07) is 7.95. The third kappa shape index (κ3) is 13.6. The summed E-state index contributed by atoms with van der Waals surface area (Å²) in [4.78, 5) is 0. The Labute approximate surface area is 178 Å². The fourth-order valence-corrected chi connectivity index (χ4v) is 1.94. The number of aliphatic hydroxyl groups excluding tert-OH is 1. The lowest BCUT2D eigenvalue weighted by Gasteiger charge is -2.15. The van der Waals surface area contributed by atoms with Crippen LogP contribution in [-0.4, -0.2) is 11.3 Å². The van der Waals surface area contributed by atoms with Crippen molar-refractivity contribution in [2.24, 2.45) is 0 Å². The SMILES string of the molecule is C=C(C)/C=C(F)\C(Br)=C/C.CC(C)=C(C)C(O)c1ccccc1C.CC(C)F. The van der Waals surface area contributed by atoms with E-state index in [1.165, 1.54) is 25.5 Å². The first kappa shape index (κ1) is 28.7. The van der Waals surface area contributed by atoms with Gasteiger partial charge in [-0.2, -0.15) is 0 Å². The van der Waals surface area contributed by atoms with Gasteiger partial charge < -0.3 is 5.11 Å². The minimum Gasteiger partial charge on any atom is -0.384 e. The van der Waals surface area contributed by atoms with E-state index < -0.39 is 12.3 Å². The molecule has 0 spiro atoms. The van der Waals surface area contributed by atoms with Crippen LogP contribution in [0.3, 0.4) is 0 Å². The van der Waals surface area contributed by atoms with Crippen molar-refractivity contribution in [3.8, 4) is 0 Å². The summed E-state index contributed by atoms with van der Waals surface area (Å²) in [5, 5.41) is 10.1. The zero-order chi connectivity index (χ0) is 22.4. The van der Waals surface area contributed by atoms with E-state index in [2.05, 4.69) is 22.5 Å². The normalized spacial score (nSPS) is 12.3. The van der Waals surface area contributed by atoms with Gasteiger partial charge in [0.1, 0.15) is 11.9 Å². The molecule has 0 saturated carbocycles. The highest BCUT2D eigenvalue weighted by Crippen LogP contribution is 2.25. The second kappa shape index (κ2) is 15.4. The average Bonchev–Trinajstić information content (AvgIpc) is 2.59. The third-order valence-corrected chi connectivity index (χ3v) is 4.37. The molecule has 0 saturated heterocycles. The Balaban J connectivity index is 0. The zero-order valence-corrected chi connectivity index (χ0v) is 20.0. The molecule has 1 aromatic carbocycles. The van der Waals surface area contributed by atoms with Crippen LogP contribution in [0.2, 0.25) is 0 Å². The molecule has 1 rings (SSSR count). The number of aliphatic hydroxyl groups is 1. The highest BCUT2D eigenvalue weighted by atomic mass is 79.9. The van der Waals surface area contributed by atoms with Crippen LogP contribution in [0.15, 0.2) is 70.0 Å². The van der Waals surface area contributed by atoms with Gasteiger partial charge in [0.15, 0.2) is 0 Å². The smallest absolute Gasteiger partial charge is 0.137 e. The second-order valence-electron chi connectivity index (χ2n) is 6.93. The number of aryl methyl sites for hydroxylation is 1. The number of allylic oxidation sites excluding steroid dienone is 6. The van der Waals surface area contributed by atoms with Gasteiger partial charge in [-0.05, 0) is 94.1 Å². The Morgan fingerprint density at radius 1 is 1.14 bits per heavy atom. The number of halogens is 3. The number of benzene rings is 1. The standard InChI is InChI=1S/C13H18O.C8H10BrF.C3H7F/c1-9(2)11(4)13(14)12-8-6-5-7-10(12)3;1-4-7(9)8(10)5-6(2)3;1-3(2)4/h5-8,13-14H,1-4H3;4-5H,2H2,1,3H3;3H,1-2H3/b;7-4+,8-5+;. The summed E-state index contributed by atoms with van der Waals surface area (Å²) in [6.45, 7) is 18.1. The van der Waals surface area contributed by atoms with Crippen molar-refractivity contribution in [3.63, 3.8) is 0 Å². The van der Waals surface area contributed by atoms with Gasteiger partial charge >= 0.3 is 0 Å². The summed E-state index contributed by atoms with van der Waals surface area (Å²) >= 11 is 3.05. The molecular formula is C24H35BrF2O. The van der Waals surface area contributed by atoms with Crippen LogP contribution in [0.25, 0.3) is 0 Å². The summed E-state index contributed by atoms with van der Waals surface area (Å²) < 4.78 is 24.2. The minimum absolute atomic E-state index is 0.282. The van der Waals surface area contributed by atoms with Crippen LogP contribution < -0.4 is 0 Å². The van der Waals surface area contributed by atoms with E-state index in [0.29, 0.717) is 10.1 Å². The van der Waals surface area contributed by atoms with E-state index in [0.717, 1.165) is 16.7 Å². The molecule has 0 aliphatic carbocycles. The van der Waals surface area contributed by atoms with Crippen molar-refractivity contribution in [2.45, 2.75) is 67.7 Å². The summed E-state index contributed by atoms with van der Waals surface area (Å²) in [5.41, 5.74) is 5.07. The van der Waals surface area contributed by atoms with Gasteiger partial charge in [0, 0.05) is 4.48 Å². The second-order valence-corrected chi connectivity index (χ2v) is 7.79. The Morgan fingerprint density at radius 2 is 1.61 bits per heavy atom. The van der Waals surface area contributed by atoms with Gasteiger partial charge in [-0.3, -0.25) is 0 Å². The maximum absolute atomic E-state index is 12.7. The van der Waals surface area contributed by atoms with Crippen LogP contribution in [-0.2, 0) is 0 Å². The number of hydrogen-bond acceptors (Lipinski definition) is 1. The van der Waals surface area contributed by atoms with E-state index in [9.17, 15) is 13.9 Å². The molecule has 1 nitrogen and oxygen atoms in total. The molecule has 1 aromatic rings. The van der Waals surface area contributed by atoms with Crippen LogP contribution in [0.4, 0.5) is 8.78 Å². The van der Waals surface area contributed by atoms with Gasteiger partial charge in [-0.15, -0.1) is 0 Å². The predicted molar refractivity (Wildman–Crippen MR) is 123 cm³/mol. The molecule has 0 amide bonds. The zero-order valence-electron chi connectivity index (χ0n) is 18.4. The van der Waals surface area contributed by atoms with E-state index in [1.54, 1.807) is 19.9 Å². The quantitative estimate of drug-likeness (QED) is 0.355. The fourth-order valence-electron chi connectivity index (χ4n) is 1.82. The lowest BCUT2D eigenvalue weighted by molar-refractivity contribution is 0.213. The Kier molecular flexibility index (Phi) is 15.8. The molecule has 0 heterocycles. The van der Waals surface area contributed by atoms with Crippen LogP contribution in [0.1, 0.15) is 65.7 Å². The molecule has 28 heavy (non-hydrogen) atoms. The maximum atomic E-state index is 12.7. The van der Waals surface area contributed by atoms with E-state index in [4.69, 9.17) is 0 Å². The Bertz CT molecular complexity index is 694. The van der Waals surface area contributed by atoms with E-state index in [-0.39, 0.29) is 5.83 Å². The van der Waals surface area contributed by atoms with Gasteiger partial charge in [0.05, 0.1) is 6.17 Å². The van der Waals surface area contributed by atoms with Crippen molar-refractivity contribution in [1.82, 2.24) is 0 Å². The lowest BCUT2D eigenvalue weighted by Crippen LogP contribution is -2.02. The number of alkyl halides is 1. The molecule has 158 valence electrons. The molecule has 1 N–H and O–H groups in total. The van der Waals surface area contributed by atoms with Gasteiger partial charge in [-0.25, -0.2) is 8.78 Å². The fraction of sp³-hybridized carbons (Fsp3) is 0.417. The van der Waals surface area contributed by atoms with Crippen LogP contribution in [0, 0.1) is 6.92 Å². The molecule has 4 heteroatoms. The topological polar surface area (TPSA) is 20.2 Å². The van der Waals surface area contributed by atoms with Crippen molar-refractivity contribution in [1.29, 1.82) is 0 Å². The largest absolute Gasteiger partial charge is 0.384 e. The maximum Gasteiger partial charge on any atom is 0.137 e. The van der Waals surface area contributed by atoms with E-state index >= 15 is 0 Å². The van der Waals surface area contributed by atoms with Gasteiger partial charge in [-0.1, -0.05) is 48.1 Å². The summed E-state index contributed by atoms with van der Waals surface area (Å²) in [7, 11) is 0. The van der Waals surface area contributed by atoms with Gasteiger partial charge in [0.2, 0.25) is 0 Å². The van der Waals surface area contributed by atoms with Crippen molar-refractivity contribution < 1.29 is 13.9 Å². The summed E-state index contributed by atoms with van der Waals surface area (Å²) in [5.74, 6) is -0.282. The number of rotatable bonds is 4. The first-order valence-electron chi connectivity index (χ1n) is 9.21. The molecule has 0 aromatic heterocycles. The first-order valence-corrected chi connectivity index (χ1v) is 10.0. The molecule has 0 aliphatic heterocycles. The molecule has 1 unspecified atom stereocenters. The van der Waals surface area contributed by atoms with Gasteiger partial charge in [0.25, 0.3) is 0 Å². The molecule has 1 atom stereocenters. The number of hydrogen-bond donors (Lipinski definition) is 1. The molecule has 0 aliphatic rings. The predicted octanol–water partition coefficient (Wildman–Crippen LogP) is 8.46. The third-order valence-electron chi connectivity index (χ3n) is 3.54. The lowest BCUT2D eigenvalue weighted by atomic mass is 9.96. The minimum atomic E-state index is -0.667. The summed E-state index contributed by atoms with van der Waals surface area (Å²) in [6.07, 6.45) is 1.90.